The Bertz CT molecular complexity index is 1100. The number of aliphatic imine (C=N–C) groups is 1. The van der Waals surface area contributed by atoms with Gasteiger partial charge in [0, 0.05) is 19.6 Å². The number of halogens is 1. The molecule has 1 fully saturated rings. The van der Waals surface area contributed by atoms with Crippen molar-refractivity contribution in [1.29, 1.82) is 0 Å². The largest absolute Gasteiger partial charge is 0.495 e. The number of aliphatic hydroxyl groups excluding tert-OH is 1. The maximum Gasteiger partial charge on any atom is 0.281 e. The molecule has 2 aromatic rings. The molecule has 2 N–H and O–H groups in total. The van der Waals surface area contributed by atoms with Crippen LogP contribution >= 0.6 is 11.6 Å². The second-order valence-corrected chi connectivity index (χ2v) is 9.06. The maximum atomic E-state index is 13.6. The van der Waals surface area contributed by atoms with Gasteiger partial charge in [-0.3, -0.25) is 24.2 Å². The Morgan fingerprint density at radius 1 is 1.30 bits per heavy atom. The van der Waals surface area contributed by atoms with Gasteiger partial charge >= 0.3 is 0 Å². The third-order valence-corrected chi connectivity index (χ3v) is 6.89. The smallest absolute Gasteiger partial charge is 0.281 e. The van der Waals surface area contributed by atoms with Crippen molar-refractivity contribution in [3.8, 4) is 5.75 Å². The van der Waals surface area contributed by atoms with E-state index < -0.39 is 6.10 Å². The van der Waals surface area contributed by atoms with Crippen LogP contribution in [-0.4, -0.2) is 70.3 Å². The number of fused-ring (bicyclic) bond motifs is 3. The van der Waals surface area contributed by atoms with Crippen LogP contribution in [0, 0.1) is 0 Å². The van der Waals surface area contributed by atoms with E-state index in [0.29, 0.717) is 53.8 Å². The summed E-state index contributed by atoms with van der Waals surface area (Å²) in [7, 11) is 1.58. The van der Waals surface area contributed by atoms with Gasteiger partial charge in [0.15, 0.2) is 11.5 Å². The molecular formula is C23H29ClN6O3. The number of benzene rings is 1. The predicted molar refractivity (Wildman–Crippen MR) is 128 cm³/mol. The number of hydrogen-bond donors (Lipinski definition) is 2. The van der Waals surface area contributed by atoms with Gasteiger partial charge in [0.25, 0.3) is 5.91 Å². The Kier molecular flexibility index (Phi) is 5.92. The van der Waals surface area contributed by atoms with Gasteiger partial charge in [0.2, 0.25) is 11.9 Å². The molecule has 0 bridgehead atoms. The molecule has 33 heavy (non-hydrogen) atoms. The highest BCUT2D eigenvalue weighted by molar-refractivity contribution is 6.32. The molecule has 0 unspecified atom stereocenters. The summed E-state index contributed by atoms with van der Waals surface area (Å²) < 4.78 is 7.19. The minimum Gasteiger partial charge on any atom is -0.495 e. The number of ether oxygens (including phenoxy) is 1. The van der Waals surface area contributed by atoms with Crippen molar-refractivity contribution in [3.63, 3.8) is 0 Å². The number of carbonyl (C=O) groups excluding carboxylic acids is 1. The quantitative estimate of drug-likeness (QED) is 0.671. The Labute approximate surface area is 198 Å². The van der Waals surface area contributed by atoms with Crippen LogP contribution in [0.25, 0.3) is 0 Å². The molecule has 1 aliphatic carbocycles. The highest BCUT2D eigenvalue weighted by Crippen LogP contribution is 2.35. The summed E-state index contributed by atoms with van der Waals surface area (Å²) in [5.41, 5.74) is 1.45. The maximum absolute atomic E-state index is 13.6. The summed E-state index contributed by atoms with van der Waals surface area (Å²) in [5.74, 6) is 2.36. The zero-order valence-corrected chi connectivity index (χ0v) is 19.7. The molecule has 0 radical (unpaired) electrons. The van der Waals surface area contributed by atoms with Gasteiger partial charge in [-0.15, -0.1) is 0 Å². The lowest BCUT2D eigenvalue weighted by molar-refractivity contribution is 0.0834. The number of methoxy groups -OCH3 is 1. The number of anilines is 2. The first kappa shape index (κ1) is 22.0. The van der Waals surface area contributed by atoms with Crippen molar-refractivity contribution in [2.45, 2.75) is 51.3 Å². The second kappa shape index (κ2) is 8.87. The fourth-order valence-electron chi connectivity index (χ4n) is 4.90. The average molecular weight is 473 g/mol. The lowest BCUT2D eigenvalue weighted by atomic mass is 10.2. The fraction of sp³-hybridized carbons (Fsp3) is 0.522. The fourth-order valence-corrected chi connectivity index (χ4v) is 5.18. The zero-order chi connectivity index (χ0) is 23.1. The van der Waals surface area contributed by atoms with E-state index in [-0.39, 0.29) is 11.9 Å². The summed E-state index contributed by atoms with van der Waals surface area (Å²) >= 11 is 6.38. The number of aromatic nitrogens is 2. The zero-order valence-electron chi connectivity index (χ0n) is 18.9. The summed E-state index contributed by atoms with van der Waals surface area (Å²) in [6.07, 6.45) is 3.05. The van der Waals surface area contributed by atoms with E-state index in [1.165, 1.54) is 0 Å². The average Bonchev–Trinajstić information content (AvgIpc) is 3.38. The molecule has 1 saturated carbocycles. The van der Waals surface area contributed by atoms with Gasteiger partial charge in [0.05, 0.1) is 30.8 Å². The van der Waals surface area contributed by atoms with Crippen LogP contribution in [0.5, 0.6) is 5.75 Å². The molecule has 1 aromatic carbocycles. The van der Waals surface area contributed by atoms with Crippen LogP contribution in [-0.2, 0) is 6.54 Å². The SMILES string of the molecule is CCN1C(=O)c2c(nc(N[C@@H]3CCC[C@H]3O)n2Cc2ccc(OC)c(Cl)c2)N2CCCN=C12. The molecule has 10 heteroatoms. The standard InChI is InChI=1S/C23H29ClN6O3/c1-3-28-21(32)19-20(29-11-5-10-25-23(28)29)27-22(26-16-6-4-7-17(16)31)30(19)13-14-8-9-18(33-2)15(24)12-14/h8-9,12,16-17,31H,3-7,10-11,13H2,1-2H3,(H,26,27)/t16-,17-/m1/s1. The summed E-state index contributed by atoms with van der Waals surface area (Å²) in [5, 5.41) is 14.4. The van der Waals surface area contributed by atoms with Crippen LogP contribution in [0.2, 0.25) is 5.02 Å². The summed E-state index contributed by atoms with van der Waals surface area (Å²) in [6.45, 7) is 4.34. The summed E-state index contributed by atoms with van der Waals surface area (Å²) in [4.78, 5) is 26.9. The first-order chi connectivity index (χ1) is 16.0. The predicted octanol–water partition coefficient (Wildman–Crippen LogP) is 2.96. The van der Waals surface area contributed by atoms with E-state index >= 15 is 0 Å². The van der Waals surface area contributed by atoms with Crippen molar-refractivity contribution < 1.29 is 14.6 Å². The van der Waals surface area contributed by atoms with Gasteiger partial charge in [-0.25, -0.2) is 0 Å². The number of hydrogen-bond acceptors (Lipinski definition) is 7. The van der Waals surface area contributed by atoms with Gasteiger partial charge in [-0.05, 0) is 50.3 Å². The molecule has 2 aliphatic heterocycles. The van der Waals surface area contributed by atoms with Crippen LogP contribution in [0.1, 0.15) is 48.7 Å². The molecule has 3 heterocycles. The number of aliphatic hydroxyl groups is 1. The van der Waals surface area contributed by atoms with E-state index in [1.54, 1.807) is 12.0 Å². The first-order valence-electron chi connectivity index (χ1n) is 11.5. The van der Waals surface area contributed by atoms with Crippen molar-refractivity contribution in [2.75, 3.05) is 37.0 Å². The van der Waals surface area contributed by atoms with E-state index in [0.717, 1.165) is 37.8 Å². The molecule has 176 valence electrons. The normalized spacial score (nSPS) is 22.2. The number of rotatable bonds is 6. The molecule has 9 nitrogen and oxygen atoms in total. The monoisotopic (exact) mass is 472 g/mol. The molecule has 3 aliphatic rings. The van der Waals surface area contributed by atoms with E-state index in [9.17, 15) is 9.90 Å². The van der Waals surface area contributed by atoms with Crippen molar-refractivity contribution in [3.05, 3.63) is 34.5 Å². The number of amides is 1. The first-order valence-corrected chi connectivity index (χ1v) is 11.9. The second-order valence-electron chi connectivity index (χ2n) is 8.65. The molecule has 5 rings (SSSR count). The molecular weight excluding hydrogens is 444 g/mol. The van der Waals surface area contributed by atoms with Crippen LogP contribution in [0.3, 0.4) is 0 Å². The van der Waals surface area contributed by atoms with E-state index in [1.807, 2.05) is 34.6 Å². The van der Waals surface area contributed by atoms with E-state index in [4.69, 9.17) is 21.3 Å². The number of nitrogens with one attached hydrogen (secondary N) is 1. The highest BCUT2D eigenvalue weighted by atomic mass is 35.5. The Hall–Kier alpha value is -2.78. The lowest BCUT2D eigenvalue weighted by Crippen LogP contribution is -2.54. The Balaban J connectivity index is 1.60. The Morgan fingerprint density at radius 3 is 2.85 bits per heavy atom. The van der Waals surface area contributed by atoms with Crippen LogP contribution < -0.4 is 15.0 Å². The van der Waals surface area contributed by atoms with Crippen LogP contribution in [0.15, 0.2) is 23.2 Å². The number of carbonyl (C=O) groups is 1. The third kappa shape index (κ3) is 3.83. The van der Waals surface area contributed by atoms with Gasteiger partial charge in [0.1, 0.15) is 5.75 Å². The molecule has 0 spiro atoms. The third-order valence-electron chi connectivity index (χ3n) is 6.60. The van der Waals surface area contributed by atoms with Gasteiger partial charge < -0.3 is 15.2 Å². The number of imidazole rings is 1. The summed E-state index contributed by atoms with van der Waals surface area (Å²) in [6, 6.07) is 5.51. The number of guanidine groups is 1. The number of nitrogens with zero attached hydrogens (tertiary/aromatic N) is 5. The van der Waals surface area contributed by atoms with Crippen LogP contribution in [0.4, 0.5) is 11.8 Å². The van der Waals surface area contributed by atoms with E-state index in [2.05, 4.69) is 10.3 Å². The molecule has 0 saturated heterocycles. The molecule has 1 aromatic heterocycles. The molecule has 2 atom stereocenters. The van der Waals surface area contributed by atoms with Crippen molar-refractivity contribution in [1.82, 2.24) is 14.5 Å². The highest BCUT2D eigenvalue weighted by Gasteiger charge is 2.41. The van der Waals surface area contributed by atoms with Gasteiger partial charge in [-0.2, -0.15) is 4.98 Å². The van der Waals surface area contributed by atoms with Crippen molar-refractivity contribution >= 4 is 35.2 Å². The van der Waals surface area contributed by atoms with Gasteiger partial charge in [-0.1, -0.05) is 17.7 Å². The topological polar surface area (TPSA) is 95.2 Å². The minimum absolute atomic E-state index is 0.0982. The minimum atomic E-state index is -0.433. The lowest BCUT2D eigenvalue weighted by Gasteiger charge is -2.38. The van der Waals surface area contributed by atoms with Crippen molar-refractivity contribution in [2.24, 2.45) is 4.99 Å². The molecule has 1 amide bonds. The Morgan fingerprint density at radius 2 is 2.15 bits per heavy atom.